The van der Waals surface area contributed by atoms with E-state index in [-0.39, 0.29) is 11.2 Å². The lowest BCUT2D eigenvalue weighted by Crippen LogP contribution is -2.30. The Morgan fingerprint density at radius 1 is 1.35 bits per heavy atom. The summed E-state index contributed by atoms with van der Waals surface area (Å²) in [5.74, 6) is 0.617. The van der Waals surface area contributed by atoms with Crippen molar-refractivity contribution < 1.29 is 9.53 Å². The number of hydrogen-bond donors (Lipinski definition) is 1. The third-order valence-electron chi connectivity index (χ3n) is 3.69. The molecule has 0 aliphatic carbocycles. The fourth-order valence-corrected chi connectivity index (χ4v) is 3.73. The highest BCUT2D eigenvalue weighted by molar-refractivity contribution is 8.00. The number of thioether (sulfide) groups is 1. The zero-order chi connectivity index (χ0) is 18.7. The molecule has 3 aromatic rings. The van der Waals surface area contributed by atoms with Gasteiger partial charge in [-0.3, -0.25) is 9.20 Å². The minimum absolute atomic E-state index is 0.120. The molecule has 0 radical (unpaired) electrons. The normalized spacial score (nSPS) is 12.2. The second-order valence-corrected chi connectivity index (χ2v) is 7.62. The third kappa shape index (κ3) is 4.06. The van der Waals surface area contributed by atoms with Crippen LogP contribution in [0.4, 0.5) is 0 Å². The number of nitrogens with one attached hydrogen (secondary N) is 1. The molecule has 1 N–H and O–H groups in total. The molecule has 6 nitrogen and oxygen atoms in total. The van der Waals surface area contributed by atoms with E-state index in [1.807, 2.05) is 24.3 Å². The van der Waals surface area contributed by atoms with Crippen LogP contribution in [0.3, 0.4) is 0 Å². The van der Waals surface area contributed by atoms with Gasteiger partial charge in [0.1, 0.15) is 5.75 Å². The Morgan fingerprint density at radius 2 is 2.12 bits per heavy atom. The molecular formula is C17H16Cl2N4O2S. The number of aromatic nitrogens is 3. The predicted octanol–water partition coefficient (Wildman–Crippen LogP) is 3.84. The summed E-state index contributed by atoms with van der Waals surface area (Å²) >= 11 is 13.4. The average molecular weight is 411 g/mol. The molecule has 0 bridgehead atoms. The first-order valence-corrected chi connectivity index (χ1v) is 9.39. The lowest BCUT2D eigenvalue weighted by atomic mass is 10.2. The van der Waals surface area contributed by atoms with E-state index in [2.05, 4.69) is 15.5 Å². The zero-order valence-electron chi connectivity index (χ0n) is 14.1. The summed E-state index contributed by atoms with van der Waals surface area (Å²) in [5, 5.41) is 12.1. The molecule has 9 heteroatoms. The summed E-state index contributed by atoms with van der Waals surface area (Å²) in [6.07, 6.45) is 1.67. The Labute approximate surface area is 164 Å². The van der Waals surface area contributed by atoms with E-state index in [1.165, 1.54) is 11.8 Å². The molecule has 1 aromatic carbocycles. The van der Waals surface area contributed by atoms with Crippen LogP contribution >= 0.6 is 35.0 Å². The molecule has 3 rings (SSSR count). The Hall–Kier alpha value is -1.96. The quantitative estimate of drug-likeness (QED) is 0.625. The molecule has 0 fully saturated rings. The SMILES string of the molecule is COc1ccccc1CNC(=O)[C@@H](C)Sc1nnc2c(Cl)cc(Cl)cn12. The summed E-state index contributed by atoms with van der Waals surface area (Å²) in [5.41, 5.74) is 1.41. The van der Waals surface area contributed by atoms with Gasteiger partial charge < -0.3 is 10.1 Å². The van der Waals surface area contributed by atoms with E-state index < -0.39 is 0 Å². The lowest BCUT2D eigenvalue weighted by molar-refractivity contribution is -0.120. The Balaban J connectivity index is 1.68. The maximum Gasteiger partial charge on any atom is 0.233 e. The van der Waals surface area contributed by atoms with E-state index in [0.29, 0.717) is 27.4 Å². The number of benzene rings is 1. The molecule has 1 amide bonds. The Kier molecular flexibility index (Phi) is 5.90. The van der Waals surface area contributed by atoms with Gasteiger partial charge in [0.15, 0.2) is 10.8 Å². The predicted molar refractivity (Wildman–Crippen MR) is 103 cm³/mol. The maximum atomic E-state index is 12.4. The van der Waals surface area contributed by atoms with Crippen molar-refractivity contribution in [1.29, 1.82) is 0 Å². The molecule has 1 atom stereocenters. The van der Waals surface area contributed by atoms with E-state index >= 15 is 0 Å². The van der Waals surface area contributed by atoms with Gasteiger partial charge in [0.2, 0.25) is 5.91 Å². The fraction of sp³-hybridized carbons (Fsp3) is 0.235. The van der Waals surface area contributed by atoms with Gasteiger partial charge in [0.25, 0.3) is 0 Å². The van der Waals surface area contributed by atoms with Crippen LogP contribution in [0, 0.1) is 0 Å². The van der Waals surface area contributed by atoms with Crippen molar-refractivity contribution in [1.82, 2.24) is 19.9 Å². The molecular weight excluding hydrogens is 395 g/mol. The number of amides is 1. The van der Waals surface area contributed by atoms with Gasteiger partial charge in [-0.05, 0) is 19.1 Å². The van der Waals surface area contributed by atoms with Gasteiger partial charge in [-0.25, -0.2) is 0 Å². The Morgan fingerprint density at radius 3 is 2.88 bits per heavy atom. The van der Waals surface area contributed by atoms with Crippen molar-refractivity contribution in [3.8, 4) is 5.75 Å². The highest BCUT2D eigenvalue weighted by Crippen LogP contribution is 2.27. The van der Waals surface area contributed by atoms with Gasteiger partial charge in [-0.15, -0.1) is 10.2 Å². The molecule has 2 heterocycles. The molecule has 0 aliphatic rings. The first-order valence-electron chi connectivity index (χ1n) is 7.75. The second-order valence-electron chi connectivity index (χ2n) is 5.47. The molecule has 136 valence electrons. The van der Waals surface area contributed by atoms with Gasteiger partial charge in [0.05, 0.1) is 22.4 Å². The van der Waals surface area contributed by atoms with Gasteiger partial charge in [0, 0.05) is 18.3 Å². The van der Waals surface area contributed by atoms with Gasteiger partial charge >= 0.3 is 0 Å². The van der Waals surface area contributed by atoms with Crippen molar-refractivity contribution in [2.75, 3.05) is 7.11 Å². The second kappa shape index (κ2) is 8.16. The summed E-state index contributed by atoms with van der Waals surface area (Å²) in [7, 11) is 1.60. The standard InChI is InChI=1S/C17H16Cl2N4O2S/c1-10(16(24)20-8-11-5-3-4-6-14(11)25-2)26-17-22-21-15-13(19)7-12(18)9-23(15)17/h3-7,9-10H,8H2,1-2H3,(H,20,24)/t10-/m1/s1. The summed E-state index contributed by atoms with van der Waals surface area (Å²) in [6, 6.07) is 9.15. The van der Waals surface area contributed by atoms with E-state index in [1.54, 1.807) is 30.7 Å². The van der Waals surface area contributed by atoms with Crippen molar-refractivity contribution in [2.24, 2.45) is 0 Å². The number of nitrogens with zero attached hydrogens (tertiary/aromatic N) is 3. The van der Waals surface area contributed by atoms with Crippen LogP contribution in [0.25, 0.3) is 5.65 Å². The van der Waals surface area contributed by atoms with Crippen LogP contribution in [-0.2, 0) is 11.3 Å². The van der Waals surface area contributed by atoms with E-state index in [4.69, 9.17) is 27.9 Å². The molecule has 26 heavy (non-hydrogen) atoms. The van der Waals surface area contributed by atoms with Crippen molar-refractivity contribution in [3.63, 3.8) is 0 Å². The first-order chi connectivity index (χ1) is 12.5. The van der Waals surface area contributed by atoms with Crippen LogP contribution in [-0.4, -0.2) is 32.9 Å². The van der Waals surface area contributed by atoms with Crippen LogP contribution in [0.2, 0.25) is 10.0 Å². The number of halogens is 2. The van der Waals surface area contributed by atoms with Crippen LogP contribution in [0.1, 0.15) is 12.5 Å². The molecule has 2 aromatic heterocycles. The largest absolute Gasteiger partial charge is 0.496 e. The number of ether oxygens (including phenoxy) is 1. The molecule has 0 saturated heterocycles. The highest BCUT2D eigenvalue weighted by atomic mass is 35.5. The van der Waals surface area contributed by atoms with Crippen LogP contribution in [0.15, 0.2) is 41.7 Å². The lowest BCUT2D eigenvalue weighted by Gasteiger charge is -2.13. The van der Waals surface area contributed by atoms with Gasteiger partial charge in [-0.2, -0.15) is 0 Å². The Bertz CT molecular complexity index is 948. The number of pyridine rings is 1. The monoisotopic (exact) mass is 410 g/mol. The topological polar surface area (TPSA) is 68.5 Å². The number of rotatable bonds is 6. The average Bonchev–Trinajstić information content (AvgIpc) is 3.02. The van der Waals surface area contributed by atoms with E-state index in [9.17, 15) is 4.79 Å². The summed E-state index contributed by atoms with van der Waals surface area (Å²) in [4.78, 5) is 12.4. The van der Waals surface area contributed by atoms with Gasteiger partial charge in [-0.1, -0.05) is 53.2 Å². The van der Waals surface area contributed by atoms with Crippen molar-refractivity contribution in [2.45, 2.75) is 23.9 Å². The summed E-state index contributed by atoms with van der Waals surface area (Å²) in [6.45, 7) is 2.18. The minimum Gasteiger partial charge on any atom is -0.496 e. The minimum atomic E-state index is -0.380. The van der Waals surface area contributed by atoms with E-state index in [0.717, 1.165) is 11.3 Å². The molecule has 0 aliphatic heterocycles. The number of hydrogen-bond acceptors (Lipinski definition) is 5. The summed E-state index contributed by atoms with van der Waals surface area (Å²) < 4.78 is 6.97. The number of methoxy groups -OCH3 is 1. The van der Waals surface area contributed by atoms with Crippen molar-refractivity contribution in [3.05, 3.63) is 52.1 Å². The number of carbonyl (C=O) groups excluding carboxylic acids is 1. The number of carbonyl (C=O) groups is 1. The highest BCUT2D eigenvalue weighted by Gasteiger charge is 2.19. The van der Waals surface area contributed by atoms with Crippen LogP contribution < -0.4 is 10.1 Å². The molecule has 0 unspecified atom stereocenters. The van der Waals surface area contributed by atoms with Crippen LogP contribution in [0.5, 0.6) is 5.75 Å². The fourth-order valence-electron chi connectivity index (χ4n) is 2.37. The van der Waals surface area contributed by atoms with Crippen molar-refractivity contribution >= 4 is 46.5 Å². The smallest absolute Gasteiger partial charge is 0.233 e. The number of para-hydroxylation sites is 1. The first kappa shape index (κ1) is 18.8. The zero-order valence-corrected chi connectivity index (χ0v) is 16.4. The third-order valence-corrected chi connectivity index (χ3v) is 5.23. The maximum absolute atomic E-state index is 12.4. The molecule has 0 spiro atoms. The number of fused-ring (bicyclic) bond motifs is 1. The molecule has 0 saturated carbocycles.